The molecule has 0 spiro atoms. The number of carbonyl (C=O) groups is 5. The van der Waals surface area contributed by atoms with Crippen LogP contribution in [0.2, 0.25) is 0 Å². The number of amides is 3. The summed E-state index contributed by atoms with van der Waals surface area (Å²) in [5, 5.41) is 26.5. The van der Waals surface area contributed by atoms with Crippen LogP contribution in [0, 0.1) is 5.92 Å². The van der Waals surface area contributed by atoms with Gasteiger partial charge in [-0.05, 0) is 30.4 Å². The van der Waals surface area contributed by atoms with E-state index in [1.165, 1.54) is 0 Å². The fraction of sp³-hybridized carbons (Fsp3) is 0.458. The van der Waals surface area contributed by atoms with Gasteiger partial charge in [0.05, 0.1) is 12.6 Å². The molecule has 0 saturated carbocycles. The molecular weight excluding hydrogens is 470 g/mol. The number of para-hydroxylation sites is 1. The number of carbonyl (C=O) groups excluding carboxylic acids is 3. The first-order valence-electron chi connectivity index (χ1n) is 11.6. The van der Waals surface area contributed by atoms with Gasteiger partial charge in [-0.2, -0.15) is 0 Å². The number of nitrogens with one attached hydrogen (secondary N) is 4. The Morgan fingerprint density at radius 3 is 2.33 bits per heavy atom. The number of aromatic nitrogens is 1. The number of aromatic amines is 1. The highest BCUT2D eigenvalue weighted by Crippen LogP contribution is 2.19. The van der Waals surface area contributed by atoms with Crippen molar-refractivity contribution >= 4 is 40.6 Å². The molecule has 12 nitrogen and oxygen atoms in total. The molecule has 0 radical (unpaired) electrons. The van der Waals surface area contributed by atoms with Gasteiger partial charge in [0, 0.05) is 29.9 Å². The number of carboxylic acid groups (broad SMARTS) is 2. The van der Waals surface area contributed by atoms with Gasteiger partial charge in [-0.3, -0.25) is 19.2 Å². The van der Waals surface area contributed by atoms with Crippen molar-refractivity contribution < 1.29 is 34.2 Å². The summed E-state index contributed by atoms with van der Waals surface area (Å²) < 4.78 is 0. The van der Waals surface area contributed by atoms with Crippen molar-refractivity contribution in [2.24, 2.45) is 11.7 Å². The second-order valence-electron chi connectivity index (χ2n) is 8.97. The van der Waals surface area contributed by atoms with E-state index in [0.29, 0.717) is 12.0 Å². The van der Waals surface area contributed by atoms with Gasteiger partial charge in [-0.15, -0.1) is 0 Å². The lowest BCUT2D eigenvalue weighted by atomic mass is 10.0. The largest absolute Gasteiger partial charge is 0.481 e. The number of aliphatic carboxylic acids is 2. The lowest BCUT2D eigenvalue weighted by Gasteiger charge is -2.21. The normalized spacial score (nSPS) is 13.6. The zero-order valence-electron chi connectivity index (χ0n) is 20.2. The summed E-state index contributed by atoms with van der Waals surface area (Å²) in [6.07, 6.45) is 1.46. The molecule has 0 saturated heterocycles. The van der Waals surface area contributed by atoms with Gasteiger partial charge < -0.3 is 36.9 Å². The monoisotopic (exact) mass is 503 g/mol. The first-order chi connectivity index (χ1) is 17.0. The molecule has 1 aromatic carbocycles. The van der Waals surface area contributed by atoms with Crippen LogP contribution in [-0.4, -0.2) is 69.5 Å². The molecule has 2 rings (SSSR count). The molecular formula is C24H33N5O7. The zero-order chi connectivity index (χ0) is 26.8. The van der Waals surface area contributed by atoms with E-state index in [4.69, 9.17) is 10.8 Å². The smallest absolute Gasteiger partial charge is 0.326 e. The van der Waals surface area contributed by atoms with E-state index in [0.717, 1.165) is 10.9 Å². The van der Waals surface area contributed by atoms with Gasteiger partial charge in [0.2, 0.25) is 17.7 Å². The summed E-state index contributed by atoms with van der Waals surface area (Å²) in [6.45, 7) is 3.19. The minimum absolute atomic E-state index is 0.0179. The van der Waals surface area contributed by atoms with Crippen molar-refractivity contribution in [2.45, 2.75) is 57.7 Å². The molecule has 8 N–H and O–H groups in total. The van der Waals surface area contributed by atoms with Crippen LogP contribution in [-0.2, 0) is 30.4 Å². The Balaban J connectivity index is 1.97. The molecule has 1 heterocycles. The third-order valence-corrected chi connectivity index (χ3v) is 5.50. The van der Waals surface area contributed by atoms with Crippen molar-refractivity contribution in [3.8, 4) is 0 Å². The maximum atomic E-state index is 12.6. The number of rotatable bonds is 14. The molecule has 0 aliphatic heterocycles. The standard InChI is InChI=1S/C24H33N5O7/c1-13(2)9-16(25)22(33)29-18(7-8-21(31)32)23(34)27-12-20(30)28-19(24(35)36)10-14-11-26-17-6-4-3-5-15(14)17/h3-6,11,13,16,18-19,26H,7-10,12,25H2,1-2H3,(H,27,34)(H,28,30)(H,29,33)(H,31,32)(H,35,36). The molecule has 2 aromatic rings. The lowest BCUT2D eigenvalue weighted by molar-refractivity contribution is -0.141. The van der Waals surface area contributed by atoms with E-state index < -0.39 is 60.8 Å². The number of benzene rings is 1. The maximum Gasteiger partial charge on any atom is 0.326 e. The fourth-order valence-corrected chi connectivity index (χ4v) is 3.69. The van der Waals surface area contributed by atoms with E-state index >= 15 is 0 Å². The number of fused-ring (bicyclic) bond motifs is 1. The second-order valence-corrected chi connectivity index (χ2v) is 8.97. The summed E-state index contributed by atoms with van der Waals surface area (Å²) in [6, 6.07) is 3.99. The highest BCUT2D eigenvalue weighted by atomic mass is 16.4. The number of hydrogen-bond donors (Lipinski definition) is 7. The van der Waals surface area contributed by atoms with Crippen molar-refractivity contribution in [1.82, 2.24) is 20.9 Å². The van der Waals surface area contributed by atoms with Crippen LogP contribution in [0.4, 0.5) is 0 Å². The summed E-state index contributed by atoms with van der Waals surface area (Å²) >= 11 is 0. The van der Waals surface area contributed by atoms with E-state index in [1.54, 1.807) is 6.20 Å². The van der Waals surface area contributed by atoms with Gasteiger partial charge in [0.25, 0.3) is 0 Å². The maximum absolute atomic E-state index is 12.6. The highest BCUT2D eigenvalue weighted by molar-refractivity contribution is 5.93. The van der Waals surface area contributed by atoms with E-state index in [1.807, 2.05) is 38.1 Å². The highest BCUT2D eigenvalue weighted by Gasteiger charge is 2.26. The Hall–Kier alpha value is -3.93. The Kier molecular flexibility index (Phi) is 10.4. The molecule has 3 unspecified atom stereocenters. The second kappa shape index (κ2) is 13.2. The summed E-state index contributed by atoms with van der Waals surface area (Å²) in [7, 11) is 0. The third-order valence-electron chi connectivity index (χ3n) is 5.50. The summed E-state index contributed by atoms with van der Waals surface area (Å²) in [5.74, 6) is -4.41. The molecule has 0 aliphatic carbocycles. The van der Waals surface area contributed by atoms with E-state index in [-0.39, 0.29) is 18.8 Å². The van der Waals surface area contributed by atoms with Crippen LogP contribution in [0.3, 0.4) is 0 Å². The number of hydrogen-bond acceptors (Lipinski definition) is 6. The first-order valence-corrected chi connectivity index (χ1v) is 11.6. The van der Waals surface area contributed by atoms with E-state index in [9.17, 15) is 29.1 Å². The van der Waals surface area contributed by atoms with Crippen LogP contribution >= 0.6 is 0 Å². The van der Waals surface area contributed by atoms with Gasteiger partial charge >= 0.3 is 11.9 Å². The van der Waals surface area contributed by atoms with Crippen LogP contribution < -0.4 is 21.7 Å². The number of carboxylic acids is 2. The Bertz CT molecular complexity index is 1100. The lowest BCUT2D eigenvalue weighted by Crippen LogP contribution is -2.53. The molecule has 0 bridgehead atoms. The van der Waals surface area contributed by atoms with Crippen molar-refractivity contribution in [1.29, 1.82) is 0 Å². The topological polar surface area (TPSA) is 204 Å². The molecule has 3 atom stereocenters. The third kappa shape index (κ3) is 8.69. The minimum atomic E-state index is -1.25. The molecule has 36 heavy (non-hydrogen) atoms. The van der Waals surface area contributed by atoms with Crippen LogP contribution in [0.5, 0.6) is 0 Å². The van der Waals surface area contributed by atoms with Gasteiger partial charge in [-0.1, -0.05) is 32.0 Å². The number of nitrogens with two attached hydrogens (primary N) is 1. The molecule has 12 heteroatoms. The SMILES string of the molecule is CC(C)CC(N)C(=O)NC(CCC(=O)O)C(=O)NCC(=O)NC(Cc1c[nH]c2ccccc12)C(=O)O. The average molecular weight is 504 g/mol. The Labute approximate surface area is 208 Å². The van der Waals surface area contributed by atoms with E-state index in [2.05, 4.69) is 20.9 Å². The van der Waals surface area contributed by atoms with Crippen LogP contribution in [0.15, 0.2) is 30.5 Å². The van der Waals surface area contributed by atoms with Crippen molar-refractivity contribution in [2.75, 3.05) is 6.54 Å². The van der Waals surface area contributed by atoms with Crippen molar-refractivity contribution in [3.63, 3.8) is 0 Å². The quantitative estimate of drug-likeness (QED) is 0.188. The molecule has 1 aromatic heterocycles. The molecule has 0 fully saturated rings. The number of H-pyrrole nitrogens is 1. The first kappa shape index (κ1) is 28.3. The predicted molar refractivity (Wildman–Crippen MR) is 131 cm³/mol. The summed E-state index contributed by atoms with van der Waals surface area (Å²) in [5.41, 5.74) is 7.37. The van der Waals surface area contributed by atoms with Gasteiger partial charge in [0.1, 0.15) is 12.1 Å². The Morgan fingerprint density at radius 2 is 1.69 bits per heavy atom. The van der Waals surface area contributed by atoms with Gasteiger partial charge in [-0.25, -0.2) is 4.79 Å². The van der Waals surface area contributed by atoms with Crippen LogP contribution in [0.1, 0.15) is 38.7 Å². The fourth-order valence-electron chi connectivity index (χ4n) is 3.69. The molecule has 196 valence electrons. The predicted octanol–water partition coefficient (Wildman–Crippen LogP) is 0.119. The van der Waals surface area contributed by atoms with Crippen LogP contribution in [0.25, 0.3) is 10.9 Å². The minimum Gasteiger partial charge on any atom is -0.481 e. The zero-order valence-corrected chi connectivity index (χ0v) is 20.2. The van der Waals surface area contributed by atoms with Gasteiger partial charge in [0.15, 0.2) is 0 Å². The molecule has 0 aliphatic rings. The molecule has 3 amide bonds. The van der Waals surface area contributed by atoms with Crippen molar-refractivity contribution in [3.05, 3.63) is 36.0 Å². The average Bonchev–Trinajstić information content (AvgIpc) is 3.21. The Morgan fingerprint density at radius 1 is 1.00 bits per heavy atom. The summed E-state index contributed by atoms with van der Waals surface area (Å²) in [4.78, 5) is 63.1.